The SMILES string of the molecule is CCO[P@](=O)(c1ccccc1)[C@H](CC(C)C)O[P@@](=O)(c1ccccc1)[C@H](O)CC(C)C. The lowest BCUT2D eigenvalue weighted by Gasteiger charge is -2.34. The molecule has 0 radical (unpaired) electrons. The van der Waals surface area contributed by atoms with Crippen molar-refractivity contribution in [3.63, 3.8) is 0 Å². The van der Waals surface area contributed by atoms with Crippen LogP contribution in [0.15, 0.2) is 60.7 Å². The van der Waals surface area contributed by atoms with E-state index in [0.29, 0.717) is 23.5 Å². The van der Waals surface area contributed by atoms with Gasteiger partial charge in [0.05, 0.1) is 6.61 Å². The van der Waals surface area contributed by atoms with Crippen LogP contribution in [0.5, 0.6) is 0 Å². The second kappa shape index (κ2) is 11.6. The number of hydrogen-bond acceptors (Lipinski definition) is 5. The van der Waals surface area contributed by atoms with Crippen molar-refractivity contribution in [2.24, 2.45) is 11.8 Å². The summed E-state index contributed by atoms with van der Waals surface area (Å²) in [6, 6.07) is 17.7. The van der Waals surface area contributed by atoms with E-state index in [2.05, 4.69) is 0 Å². The van der Waals surface area contributed by atoms with E-state index in [-0.39, 0.29) is 18.4 Å². The van der Waals surface area contributed by atoms with Crippen LogP contribution in [0.4, 0.5) is 0 Å². The standard InChI is InChI=1S/C24H36O5P2/c1-6-28-31(27,22-15-11-8-12-16-22)24(18-20(4)5)29-30(26,23(25)17-19(2)3)21-13-9-7-10-14-21/h7-16,19-20,23-25H,6,17-18H2,1-5H3/t23-,24+,30-,31+/m0/s1. The molecule has 0 heterocycles. The van der Waals surface area contributed by atoms with Gasteiger partial charge in [0.1, 0.15) is 11.7 Å². The summed E-state index contributed by atoms with van der Waals surface area (Å²) in [7, 11) is -7.30. The Morgan fingerprint density at radius 3 is 1.65 bits per heavy atom. The topological polar surface area (TPSA) is 72.8 Å². The van der Waals surface area contributed by atoms with E-state index in [9.17, 15) is 14.2 Å². The molecule has 2 rings (SSSR count). The summed E-state index contributed by atoms with van der Waals surface area (Å²) in [5, 5.41) is 12.0. The molecule has 0 fully saturated rings. The molecule has 0 aliphatic carbocycles. The molecule has 5 nitrogen and oxygen atoms in total. The minimum absolute atomic E-state index is 0.118. The van der Waals surface area contributed by atoms with Crippen molar-refractivity contribution in [3.8, 4) is 0 Å². The van der Waals surface area contributed by atoms with E-state index in [1.165, 1.54) is 0 Å². The lowest BCUT2D eigenvalue weighted by molar-refractivity contribution is 0.166. The molecule has 1 N–H and O–H groups in total. The highest BCUT2D eigenvalue weighted by Gasteiger charge is 2.45. The molecule has 2 aromatic rings. The van der Waals surface area contributed by atoms with Gasteiger partial charge in [-0.1, -0.05) is 64.1 Å². The molecule has 4 atom stereocenters. The van der Waals surface area contributed by atoms with Crippen LogP contribution in [0, 0.1) is 11.8 Å². The van der Waals surface area contributed by atoms with Gasteiger partial charge in [0, 0.05) is 10.6 Å². The molecule has 0 aliphatic heterocycles. The summed E-state index contributed by atoms with van der Waals surface area (Å²) < 4.78 is 40.7. The lowest BCUT2D eigenvalue weighted by atomic mass is 10.1. The van der Waals surface area contributed by atoms with Crippen molar-refractivity contribution >= 4 is 25.3 Å². The fourth-order valence-electron chi connectivity index (χ4n) is 3.48. The van der Waals surface area contributed by atoms with Crippen molar-refractivity contribution in [2.45, 2.75) is 59.2 Å². The minimum atomic E-state index is -3.77. The summed E-state index contributed by atoms with van der Waals surface area (Å²) >= 11 is 0. The molecule has 0 bridgehead atoms. The van der Waals surface area contributed by atoms with Gasteiger partial charge in [0.15, 0.2) is 0 Å². The first kappa shape index (κ1) is 26.0. The summed E-state index contributed by atoms with van der Waals surface area (Å²) in [5.74, 6) is -1.90. The molecule has 0 aliphatic rings. The summed E-state index contributed by atoms with van der Waals surface area (Å²) in [5.41, 5.74) is 0. The molecule has 2 aromatic carbocycles. The fourth-order valence-corrected chi connectivity index (χ4v) is 9.05. The number of rotatable bonds is 12. The van der Waals surface area contributed by atoms with Gasteiger partial charge >= 0.3 is 0 Å². The molecule has 0 saturated carbocycles. The molecular weight excluding hydrogens is 430 g/mol. The van der Waals surface area contributed by atoms with Crippen molar-refractivity contribution in [3.05, 3.63) is 60.7 Å². The van der Waals surface area contributed by atoms with Crippen molar-refractivity contribution < 1.29 is 23.3 Å². The van der Waals surface area contributed by atoms with Crippen molar-refractivity contribution in [2.75, 3.05) is 6.61 Å². The number of benzene rings is 2. The summed E-state index contributed by atoms with van der Waals surface area (Å²) in [4.78, 5) is 0. The number of aliphatic hydroxyl groups is 1. The van der Waals surface area contributed by atoms with E-state index in [1.54, 1.807) is 55.5 Å². The molecule has 31 heavy (non-hydrogen) atoms. The van der Waals surface area contributed by atoms with Crippen LogP contribution < -0.4 is 10.6 Å². The zero-order valence-electron chi connectivity index (χ0n) is 19.2. The second-order valence-corrected chi connectivity index (χ2v) is 13.6. The Morgan fingerprint density at radius 2 is 1.23 bits per heavy atom. The van der Waals surface area contributed by atoms with E-state index in [0.717, 1.165) is 0 Å². The second-order valence-electron chi connectivity index (χ2n) is 8.58. The highest BCUT2D eigenvalue weighted by molar-refractivity contribution is 7.70. The molecular formula is C24H36O5P2. The van der Waals surface area contributed by atoms with E-state index in [4.69, 9.17) is 9.05 Å². The zero-order valence-corrected chi connectivity index (χ0v) is 21.0. The molecule has 0 aromatic heterocycles. The summed E-state index contributed by atoms with van der Waals surface area (Å²) in [6.45, 7) is 9.92. The number of hydrogen-bond donors (Lipinski definition) is 1. The van der Waals surface area contributed by atoms with Crippen LogP contribution in [0.3, 0.4) is 0 Å². The average molecular weight is 466 g/mol. The van der Waals surface area contributed by atoms with Crippen LogP contribution in [0.2, 0.25) is 0 Å². The van der Waals surface area contributed by atoms with Gasteiger partial charge < -0.3 is 14.2 Å². The van der Waals surface area contributed by atoms with Gasteiger partial charge in [-0.05, 0) is 55.9 Å². The lowest BCUT2D eigenvalue weighted by Crippen LogP contribution is -2.29. The first-order valence-corrected chi connectivity index (χ1v) is 14.3. The molecule has 7 heteroatoms. The van der Waals surface area contributed by atoms with Gasteiger partial charge in [-0.15, -0.1) is 0 Å². The Kier molecular flexibility index (Phi) is 9.73. The Balaban J connectivity index is 2.59. The normalized spacial score (nSPS) is 17.8. The zero-order chi connectivity index (χ0) is 23.1. The monoisotopic (exact) mass is 466 g/mol. The van der Waals surface area contributed by atoms with Crippen molar-refractivity contribution in [1.29, 1.82) is 0 Å². The Morgan fingerprint density at radius 1 is 0.774 bits per heavy atom. The molecule has 0 unspecified atom stereocenters. The third kappa shape index (κ3) is 6.63. The number of aliphatic hydroxyl groups excluding tert-OH is 1. The first-order chi connectivity index (χ1) is 14.6. The molecule has 0 spiro atoms. The third-order valence-electron chi connectivity index (χ3n) is 4.96. The first-order valence-electron chi connectivity index (χ1n) is 10.9. The maximum absolute atomic E-state index is 14.3. The van der Waals surface area contributed by atoms with E-state index >= 15 is 0 Å². The smallest absolute Gasteiger partial charge is 0.260 e. The van der Waals surface area contributed by atoms with E-state index < -0.39 is 26.4 Å². The maximum atomic E-state index is 14.3. The molecule has 0 amide bonds. The van der Waals surface area contributed by atoms with Crippen LogP contribution in [-0.4, -0.2) is 23.4 Å². The predicted molar refractivity (Wildman–Crippen MR) is 129 cm³/mol. The largest absolute Gasteiger partial charge is 0.383 e. The Labute approximate surface area is 187 Å². The molecule has 0 saturated heterocycles. The average Bonchev–Trinajstić information content (AvgIpc) is 2.73. The van der Waals surface area contributed by atoms with E-state index in [1.807, 2.05) is 39.8 Å². The summed E-state index contributed by atoms with van der Waals surface area (Å²) in [6.07, 6.45) is 0.697. The van der Waals surface area contributed by atoms with Gasteiger partial charge in [0.25, 0.3) is 14.7 Å². The fraction of sp³-hybridized carbons (Fsp3) is 0.500. The highest BCUT2D eigenvalue weighted by Crippen LogP contribution is 2.62. The third-order valence-corrected chi connectivity index (χ3v) is 10.4. The molecule has 172 valence electrons. The van der Waals surface area contributed by atoms with Gasteiger partial charge in [0.2, 0.25) is 0 Å². The van der Waals surface area contributed by atoms with Gasteiger partial charge in [-0.2, -0.15) is 0 Å². The van der Waals surface area contributed by atoms with Crippen LogP contribution >= 0.6 is 14.7 Å². The Bertz CT molecular complexity index is 883. The maximum Gasteiger partial charge on any atom is 0.260 e. The van der Waals surface area contributed by atoms with Gasteiger partial charge in [-0.3, -0.25) is 9.13 Å². The van der Waals surface area contributed by atoms with Crippen molar-refractivity contribution in [1.82, 2.24) is 0 Å². The highest BCUT2D eigenvalue weighted by atomic mass is 31.2. The Hall–Kier alpha value is -1.22. The van der Waals surface area contributed by atoms with Crippen LogP contribution in [-0.2, 0) is 18.2 Å². The quantitative estimate of drug-likeness (QED) is 0.390. The predicted octanol–water partition coefficient (Wildman–Crippen LogP) is 5.98. The minimum Gasteiger partial charge on any atom is -0.383 e. The van der Waals surface area contributed by atoms with Crippen LogP contribution in [0.1, 0.15) is 47.5 Å². The van der Waals surface area contributed by atoms with Crippen LogP contribution in [0.25, 0.3) is 0 Å². The van der Waals surface area contributed by atoms with Gasteiger partial charge in [-0.25, -0.2) is 0 Å².